The maximum absolute atomic E-state index is 12.2. The zero-order chi connectivity index (χ0) is 17.6. The molecule has 1 aromatic carbocycles. The summed E-state index contributed by atoms with van der Waals surface area (Å²) >= 11 is 0. The SMILES string of the molecule is O=C(NCc1ccccc1OCC(F)(F)F)NCC1(O)CCCC1. The van der Waals surface area contributed by atoms with Crippen molar-refractivity contribution in [3.05, 3.63) is 29.8 Å². The van der Waals surface area contributed by atoms with Gasteiger partial charge >= 0.3 is 12.2 Å². The molecule has 0 bridgehead atoms. The van der Waals surface area contributed by atoms with Gasteiger partial charge in [-0.05, 0) is 18.9 Å². The number of rotatable bonds is 6. The number of carbonyl (C=O) groups excluding carboxylic acids is 1. The minimum atomic E-state index is -4.42. The van der Waals surface area contributed by atoms with E-state index >= 15 is 0 Å². The van der Waals surface area contributed by atoms with Crippen molar-refractivity contribution in [3.63, 3.8) is 0 Å². The Kier molecular flexibility index (Phi) is 5.93. The van der Waals surface area contributed by atoms with Gasteiger partial charge in [-0.2, -0.15) is 13.2 Å². The smallest absolute Gasteiger partial charge is 0.422 e. The molecule has 1 fully saturated rings. The van der Waals surface area contributed by atoms with Crippen molar-refractivity contribution in [3.8, 4) is 5.75 Å². The maximum Gasteiger partial charge on any atom is 0.422 e. The molecule has 0 radical (unpaired) electrons. The van der Waals surface area contributed by atoms with Crippen molar-refractivity contribution in [1.82, 2.24) is 10.6 Å². The molecule has 0 aromatic heterocycles. The lowest BCUT2D eigenvalue weighted by Crippen LogP contribution is -2.44. The highest BCUT2D eigenvalue weighted by molar-refractivity contribution is 5.74. The number of amides is 2. The van der Waals surface area contributed by atoms with Crippen LogP contribution in [0.5, 0.6) is 5.75 Å². The van der Waals surface area contributed by atoms with Crippen LogP contribution in [0.2, 0.25) is 0 Å². The molecule has 8 heteroatoms. The largest absolute Gasteiger partial charge is 0.484 e. The Morgan fingerprint density at radius 1 is 1.21 bits per heavy atom. The number of urea groups is 1. The van der Waals surface area contributed by atoms with Gasteiger partial charge in [-0.25, -0.2) is 4.79 Å². The van der Waals surface area contributed by atoms with Gasteiger partial charge in [0.05, 0.1) is 5.60 Å². The van der Waals surface area contributed by atoms with Gasteiger partial charge in [0, 0.05) is 18.7 Å². The van der Waals surface area contributed by atoms with Crippen LogP contribution in [0.1, 0.15) is 31.2 Å². The van der Waals surface area contributed by atoms with Gasteiger partial charge in [-0.1, -0.05) is 31.0 Å². The molecular weight excluding hydrogens is 325 g/mol. The quantitative estimate of drug-likeness (QED) is 0.742. The first kappa shape index (κ1) is 18.4. The van der Waals surface area contributed by atoms with Crippen LogP contribution < -0.4 is 15.4 Å². The summed E-state index contributed by atoms with van der Waals surface area (Å²) in [6.07, 6.45) is -1.25. The normalized spacial score (nSPS) is 16.7. The average molecular weight is 346 g/mol. The van der Waals surface area contributed by atoms with Crippen LogP contribution in [0.3, 0.4) is 0 Å². The molecule has 24 heavy (non-hydrogen) atoms. The number of benzene rings is 1. The number of halogens is 3. The number of alkyl halides is 3. The molecule has 0 atom stereocenters. The number of hydrogen-bond acceptors (Lipinski definition) is 3. The van der Waals surface area contributed by atoms with E-state index in [9.17, 15) is 23.1 Å². The Morgan fingerprint density at radius 2 is 1.88 bits per heavy atom. The standard InChI is InChI=1S/C16H21F3N2O3/c17-16(18,19)11-24-13-6-2-1-5-12(13)9-20-14(22)21-10-15(23)7-3-4-8-15/h1-2,5-6,23H,3-4,7-11H2,(H2,20,21,22). The highest BCUT2D eigenvalue weighted by Crippen LogP contribution is 2.28. The van der Waals surface area contributed by atoms with Gasteiger partial charge in [-0.15, -0.1) is 0 Å². The van der Waals surface area contributed by atoms with Crippen molar-refractivity contribution in [2.24, 2.45) is 0 Å². The summed E-state index contributed by atoms with van der Waals surface area (Å²) in [5, 5.41) is 15.3. The summed E-state index contributed by atoms with van der Waals surface area (Å²) in [6, 6.07) is 5.72. The number of para-hydroxylation sites is 1. The summed E-state index contributed by atoms with van der Waals surface area (Å²) < 4.78 is 41.5. The van der Waals surface area contributed by atoms with E-state index in [0.29, 0.717) is 18.4 Å². The van der Waals surface area contributed by atoms with E-state index in [1.165, 1.54) is 6.07 Å². The molecule has 3 N–H and O–H groups in total. The zero-order valence-electron chi connectivity index (χ0n) is 13.2. The Hall–Kier alpha value is -1.96. The van der Waals surface area contributed by atoms with Crippen LogP contribution >= 0.6 is 0 Å². The second-order valence-electron chi connectivity index (χ2n) is 5.98. The second-order valence-corrected chi connectivity index (χ2v) is 5.98. The van der Waals surface area contributed by atoms with Crippen LogP contribution in [0.4, 0.5) is 18.0 Å². The molecule has 5 nitrogen and oxygen atoms in total. The average Bonchev–Trinajstić information content (AvgIpc) is 2.96. The minimum absolute atomic E-state index is 0.0261. The van der Waals surface area contributed by atoms with Crippen molar-refractivity contribution in [1.29, 1.82) is 0 Å². The molecule has 0 heterocycles. The lowest BCUT2D eigenvalue weighted by Gasteiger charge is -2.22. The molecule has 1 aliphatic carbocycles. The van der Waals surface area contributed by atoms with Gasteiger partial charge in [0.15, 0.2) is 6.61 Å². The van der Waals surface area contributed by atoms with Crippen LogP contribution in [0, 0.1) is 0 Å². The summed E-state index contributed by atoms with van der Waals surface area (Å²) in [5.74, 6) is 0.0737. The first-order valence-corrected chi connectivity index (χ1v) is 7.79. The van der Waals surface area contributed by atoms with E-state index in [4.69, 9.17) is 4.74 Å². The topological polar surface area (TPSA) is 70.6 Å². The first-order valence-electron chi connectivity index (χ1n) is 7.79. The Bertz CT molecular complexity index is 558. The highest BCUT2D eigenvalue weighted by Gasteiger charge is 2.31. The fraction of sp³-hybridized carbons (Fsp3) is 0.562. The van der Waals surface area contributed by atoms with E-state index in [-0.39, 0.29) is 18.8 Å². The van der Waals surface area contributed by atoms with Crippen LogP contribution in [-0.4, -0.2) is 36.1 Å². The van der Waals surface area contributed by atoms with E-state index in [0.717, 1.165) is 12.8 Å². The molecule has 1 aliphatic rings. The van der Waals surface area contributed by atoms with E-state index in [2.05, 4.69) is 10.6 Å². The summed E-state index contributed by atoms with van der Waals surface area (Å²) in [5.41, 5.74) is -0.415. The molecule has 0 spiro atoms. The minimum Gasteiger partial charge on any atom is -0.484 e. The van der Waals surface area contributed by atoms with Gasteiger partial charge in [0.25, 0.3) is 0 Å². The number of aliphatic hydroxyl groups is 1. The second kappa shape index (κ2) is 7.74. The van der Waals surface area contributed by atoms with E-state index in [1.807, 2.05) is 0 Å². The third-order valence-corrected chi connectivity index (χ3v) is 3.92. The van der Waals surface area contributed by atoms with Crippen molar-refractivity contribution in [2.45, 2.75) is 44.0 Å². The fourth-order valence-corrected chi connectivity index (χ4v) is 2.64. The van der Waals surface area contributed by atoms with Crippen molar-refractivity contribution >= 4 is 6.03 Å². The zero-order valence-corrected chi connectivity index (χ0v) is 13.2. The summed E-state index contributed by atoms with van der Waals surface area (Å²) in [4.78, 5) is 11.8. The Morgan fingerprint density at radius 3 is 2.54 bits per heavy atom. The monoisotopic (exact) mass is 346 g/mol. The number of carbonyl (C=O) groups is 1. The molecule has 1 saturated carbocycles. The van der Waals surface area contributed by atoms with Crippen LogP contribution in [-0.2, 0) is 6.54 Å². The van der Waals surface area contributed by atoms with Crippen LogP contribution in [0.25, 0.3) is 0 Å². The number of ether oxygens (including phenoxy) is 1. The Balaban J connectivity index is 1.81. The molecule has 0 aliphatic heterocycles. The van der Waals surface area contributed by atoms with Crippen LogP contribution in [0.15, 0.2) is 24.3 Å². The Labute approximate surface area is 138 Å². The molecule has 2 amide bonds. The van der Waals surface area contributed by atoms with Crippen molar-refractivity contribution in [2.75, 3.05) is 13.2 Å². The van der Waals surface area contributed by atoms with Gasteiger partial charge < -0.3 is 20.5 Å². The first-order chi connectivity index (χ1) is 11.3. The molecule has 1 aromatic rings. The predicted octanol–water partition coefficient (Wildman–Crippen LogP) is 2.73. The van der Waals surface area contributed by atoms with Gasteiger partial charge in [0.1, 0.15) is 5.75 Å². The van der Waals surface area contributed by atoms with Gasteiger partial charge in [0.2, 0.25) is 0 Å². The molecule has 0 unspecified atom stereocenters. The molecule has 0 saturated heterocycles. The number of nitrogens with one attached hydrogen (secondary N) is 2. The van der Waals surface area contributed by atoms with E-state index < -0.39 is 24.4 Å². The molecule has 2 rings (SSSR count). The number of hydrogen-bond donors (Lipinski definition) is 3. The third-order valence-electron chi connectivity index (χ3n) is 3.92. The van der Waals surface area contributed by atoms with E-state index in [1.54, 1.807) is 18.2 Å². The third kappa shape index (κ3) is 5.92. The molecular formula is C16H21F3N2O3. The van der Waals surface area contributed by atoms with Gasteiger partial charge in [-0.3, -0.25) is 0 Å². The van der Waals surface area contributed by atoms with Crippen molar-refractivity contribution < 1.29 is 27.8 Å². The highest BCUT2D eigenvalue weighted by atomic mass is 19.4. The summed E-state index contributed by atoms with van der Waals surface area (Å²) in [7, 11) is 0. The lowest BCUT2D eigenvalue weighted by molar-refractivity contribution is -0.153. The summed E-state index contributed by atoms with van der Waals surface area (Å²) in [6.45, 7) is -1.20. The fourth-order valence-electron chi connectivity index (χ4n) is 2.64. The maximum atomic E-state index is 12.2. The molecule has 134 valence electrons. The predicted molar refractivity (Wildman–Crippen MR) is 81.6 cm³/mol. The lowest BCUT2D eigenvalue weighted by atomic mass is 10.0.